The molecule has 1 fully saturated rings. The normalized spacial score (nSPS) is 23.6. The number of benzene rings is 1. The Morgan fingerprint density at radius 2 is 2.41 bits per heavy atom. The largest absolute Gasteiger partial charge is 0.504 e. The van der Waals surface area contributed by atoms with E-state index in [-0.39, 0.29) is 12.4 Å². The molecular formula is C12H14O5. The number of ether oxygens (including phenoxy) is 3. The van der Waals surface area contributed by atoms with Crippen LogP contribution >= 0.6 is 0 Å². The molecule has 1 aliphatic rings. The van der Waals surface area contributed by atoms with Gasteiger partial charge in [0, 0.05) is 5.56 Å². The van der Waals surface area contributed by atoms with E-state index in [1.54, 1.807) is 12.1 Å². The van der Waals surface area contributed by atoms with Crippen LogP contribution < -0.4 is 4.74 Å². The third kappa shape index (κ3) is 2.57. The number of phenols is 1. The van der Waals surface area contributed by atoms with Crippen LogP contribution in [0.5, 0.6) is 11.5 Å². The Morgan fingerprint density at radius 1 is 1.59 bits per heavy atom. The van der Waals surface area contributed by atoms with Crippen molar-refractivity contribution in [3.05, 3.63) is 23.8 Å². The van der Waals surface area contributed by atoms with Gasteiger partial charge in [-0.3, -0.25) is 0 Å². The minimum Gasteiger partial charge on any atom is -0.504 e. The van der Waals surface area contributed by atoms with Crippen LogP contribution in [0, 0.1) is 0 Å². The van der Waals surface area contributed by atoms with Crippen LogP contribution in [0.4, 0.5) is 0 Å². The summed E-state index contributed by atoms with van der Waals surface area (Å²) < 4.78 is 15.9. The lowest BCUT2D eigenvalue weighted by Crippen LogP contribution is -2.10. The van der Waals surface area contributed by atoms with Crippen molar-refractivity contribution in [3.8, 4) is 11.5 Å². The van der Waals surface area contributed by atoms with Crippen LogP contribution in [0.3, 0.4) is 0 Å². The molecule has 92 valence electrons. The first-order chi connectivity index (χ1) is 8.24. The zero-order chi connectivity index (χ0) is 12.3. The molecule has 2 unspecified atom stereocenters. The van der Waals surface area contributed by atoms with E-state index in [1.807, 2.05) is 6.92 Å². The minimum atomic E-state index is -0.579. The van der Waals surface area contributed by atoms with E-state index in [0.717, 1.165) is 5.56 Å². The zero-order valence-corrected chi connectivity index (χ0v) is 9.46. The third-order valence-corrected chi connectivity index (χ3v) is 2.42. The molecule has 1 heterocycles. The molecule has 0 aliphatic carbocycles. The second-order valence-electron chi connectivity index (χ2n) is 3.64. The van der Waals surface area contributed by atoms with E-state index in [0.29, 0.717) is 18.6 Å². The summed E-state index contributed by atoms with van der Waals surface area (Å²) in [7, 11) is 0. The number of hydrogen-bond acceptors (Lipinski definition) is 5. The number of aromatic hydroxyl groups is 1. The Kier molecular flexibility index (Phi) is 3.61. The number of rotatable bonds is 4. The summed E-state index contributed by atoms with van der Waals surface area (Å²) in [6, 6.07) is 4.84. The van der Waals surface area contributed by atoms with E-state index < -0.39 is 12.4 Å². The number of phenolic OH excluding ortho intramolecular Hbond substituents is 1. The molecule has 0 spiro atoms. The average molecular weight is 238 g/mol. The van der Waals surface area contributed by atoms with Crippen molar-refractivity contribution < 1.29 is 24.1 Å². The summed E-state index contributed by atoms with van der Waals surface area (Å²) in [6.45, 7) is 2.54. The van der Waals surface area contributed by atoms with Gasteiger partial charge >= 0.3 is 0 Å². The maximum atomic E-state index is 10.5. The quantitative estimate of drug-likeness (QED) is 0.803. The van der Waals surface area contributed by atoms with E-state index >= 15 is 0 Å². The zero-order valence-electron chi connectivity index (χ0n) is 9.46. The van der Waals surface area contributed by atoms with Gasteiger partial charge < -0.3 is 24.1 Å². The summed E-state index contributed by atoms with van der Waals surface area (Å²) in [5.74, 6) is 0.451. The van der Waals surface area contributed by atoms with Crippen LogP contribution in [0.15, 0.2) is 18.2 Å². The fourth-order valence-electron chi connectivity index (χ4n) is 1.61. The molecule has 5 heteroatoms. The molecule has 0 radical (unpaired) electrons. The van der Waals surface area contributed by atoms with Crippen molar-refractivity contribution in [2.75, 3.05) is 13.2 Å². The summed E-state index contributed by atoms with van der Waals surface area (Å²) in [6.07, 6.45) is -0.390. The molecule has 0 saturated carbocycles. The molecule has 0 aromatic heterocycles. The van der Waals surface area contributed by atoms with Crippen molar-refractivity contribution in [2.24, 2.45) is 0 Å². The number of aldehydes is 1. The molecule has 1 aromatic rings. The maximum absolute atomic E-state index is 10.5. The molecule has 1 saturated heterocycles. The minimum absolute atomic E-state index is 0.0699. The van der Waals surface area contributed by atoms with Crippen LogP contribution in [-0.4, -0.2) is 30.7 Å². The summed E-state index contributed by atoms with van der Waals surface area (Å²) in [4.78, 5) is 10.5. The van der Waals surface area contributed by atoms with Gasteiger partial charge in [-0.25, -0.2) is 0 Å². The predicted molar refractivity (Wildman–Crippen MR) is 58.9 cm³/mol. The molecule has 2 rings (SSSR count). The molecule has 0 bridgehead atoms. The Labute approximate surface area is 98.9 Å². The molecule has 1 N–H and O–H groups in total. The van der Waals surface area contributed by atoms with Crippen LogP contribution in [0.1, 0.15) is 18.8 Å². The highest BCUT2D eigenvalue weighted by Crippen LogP contribution is 2.33. The van der Waals surface area contributed by atoms with Crippen molar-refractivity contribution >= 4 is 6.29 Å². The second-order valence-corrected chi connectivity index (χ2v) is 3.64. The van der Waals surface area contributed by atoms with Crippen molar-refractivity contribution in [1.82, 2.24) is 0 Å². The first-order valence-corrected chi connectivity index (χ1v) is 5.42. The van der Waals surface area contributed by atoms with Gasteiger partial charge in [0.05, 0.1) is 13.2 Å². The molecule has 0 amide bonds. The van der Waals surface area contributed by atoms with Gasteiger partial charge in [0.2, 0.25) is 0 Å². The Morgan fingerprint density at radius 3 is 3.06 bits per heavy atom. The van der Waals surface area contributed by atoms with Gasteiger partial charge in [-0.1, -0.05) is 6.07 Å². The molecule has 17 heavy (non-hydrogen) atoms. The topological polar surface area (TPSA) is 65.0 Å². The Bertz CT molecular complexity index is 404. The van der Waals surface area contributed by atoms with Crippen LogP contribution in [-0.2, 0) is 14.3 Å². The fraction of sp³-hybridized carbons (Fsp3) is 0.417. The van der Waals surface area contributed by atoms with Crippen molar-refractivity contribution in [1.29, 1.82) is 0 Å². The van der Waals surface area contributed by atoms with Gasteiger partial charge in [0.1, 0.15) is 6.10 Å². The van der Waals surface area contributed by atoms with E-state index in [2.05, 4.69) is 0 Å². The van der Waals surface area contributed by atoms with Gasteiger partial charge in [0.15, 0.2) is 24.1 Å². The lowest BCUT2D eigenvalue weighted by Gasteiger charge is -2.12. The monoisotopic (exact) mass is 238 g/mol. The van der Waals surface area contributed by atoms with Gasteiger partial charge in [-0.2, -0.15) is 0 Å². The summed E-state index contributed by atoms with van der Waals surface area (Å²) in [5, 5.41) is 9.54. The number of carbonyl (C=O) groups excluding carboxylic acids is 1. The highest BCUT2D eigenvalue weighted by Gasteiger charge is 2.27. The van der Waals surface area contributed by atoms with E-state index in [9.17, 15) is 9.90 Å². The number of hydrogen-bond donors (Lipinski definition) is 1. The van der Waals surface area contributed by atoms with E-state index in [4.69, 9.17) is 14.2 Å². The van der Waals surface area contributed by atoms with Crippen molar-refractivity contribution in [3.63, 3.8) is 0 Å². The summed E-state index contributed by atoms with van der Waals surface area (Å²) >= 11 is 0. The first-order valence-electron chi connectivity index (χ1n) is 5.42. The highest BCUT2D eigenvalue weighted by molar-refractivity contribution is 5.56. The predicted octanol–water partition coefficient (Wildman–Crippen LogP) is 1.40. The summed E-state index contributed by atoms with van der Waals surface area (Å²) in [5.41, 5.74) is 0.718. The Hall–Kier alpha value is -1.59. The van der Waals surface area contributed by atoms with Crippen molar-refractivity contribution in [2.45, 2.75) is 19.3 Å². The van der Waals surface area contributed by atoms with E-state index in [1.165, 1.54) is 6.07 Å². The van der Waals surface area contributed by atoms with Gasteiger partial charge in [-0.05, 0) is 19.1 Å². The standard InChI is InChI=1S/C12H14O5/c1-2-15-11-5-8(3-4-10(11)14)12-16-7-9(6-13)17-12/h3-6,9,12,14H,2,7H2,1H3. The molecule has 2 atom stereocenters. The Balaban J connectivity index is 2.16. The average Bonchev–Trinajstić information content (AvgIpc) is 2.81. The second kappa shape index (κ2) is 5.16. The lowest BCUT2D eigenvalue weighted by atomic mass is 10.2. The first kappa shape index (κ1) is 11.9. The fourth-order valence-corrected chi connectivity index (χ4v) is 1.61. The molecule has 5 nitrogen and oxygen atoms in total. The highest BCUT2D eigenvalue weighted by atomic mass is 16.7. The molecule has 1 aromatic carbocycles. The van der Waals surface area contributed by atoms with Crippen LogP contribution in [0.25, 0.3) is 0 Å². The molecule has 1 aliphatic heterocycles. The maximum Gasteiger partial charge on any atom is 0.185 e. The lowest BCUT2D eigenvalue weighted by molar-refractivity contribution is -0.119. The van der Waals surface area contributed by atoms with Gasteiger partial charge in [-0.15, -0.1) is 0 Å². The number of carbonyl (C=O) groups is 1. The molecular weight excluding hydrogens is 224 g/mol. The smallest absolute Gasteiger partial charge is 0.185 e. The van der Waals surface area contributed by atoms with Crippen LogP contribution in [0.2, 0.25) is 0 Å². The third-order valence-electron chi connectivity index (χ3n) is 2.42. The SMILES string of the molecule is CCOc1cc(C2OCC(C=O)O2)ccc1O. The van der Waals surface area contributed by atoms with Gasteiger partial charge in [0.25, 0.3) is 0 Å².